The van der Waals surface area contributed by atoms with Gasteiger partial charge in [0.1, 0.15) is 0 Å². The van der Waals surface area contributed by atoms with Gasteiger partial charge in [-0.25, -0.2) is 0 Å². The zero-order valence-corrected chi connectivity index (χ0v) is 16.2. The molecule has 4 rings (SSSR count). The maximum absolute atomic E-state index is 12.4. The number of benzene rings is 2. The molecule has 0 unspecified atom stereocenters. The number of amides is 1. The fourth-order valence-corrected chi connectivity index (χ4v) is 3.12. The molecule has 0 fully saturated rings. The smallest absolute Gasteiger partial charge is 0.253 e. The molecule has 0 saturated carbocycles. The Balaban J connectivity index is 1.60. The van der Waals surface area contributed by atoms with E-state index in [2.05, 4.69) is 46.6 Å². The molecule has 0 radical (unpaired) electrons. The zero-order chi connectivity index (χ0) is 19.7. The SMILES string of the molecule is Cc1ccc(-c2ccc3nnc(CNC(=O)c4ccccc4Cl)n3n2)cc1C. The summed E-state index contributed by atoms with van der Waals surface area (Å²) in [5, 5.41) is 16.2. The number of nitrogens with one attached hydrogen (secondary N) is 1. The number of carbonyl (C=O) groups is 1. The quantitative estimate of drug-likeness (QED) is 0.571. The average molecular weight is 392 g/mol. The second-order valence-electron chi connectivity index (χ2n) is 6.57. The minimum atomic E-state index is -0.271. The van der Waals surface area contributed by atoms with Gasteiger partial charge in [0.15, 0.2) is 11.5 Å². The molecule has 6 nitrogen and oxygen atoms in total. The Labute approximate surface area is 167 Å². The van der Waals surface area contributed by atoms with Crippen LogP contribution < -0.4 is 5.32 Å². The number of rotatable bonds is 4. The van der Waals surface area contributed by atoms with E-state index in [-0.39, 0.29) is 12.5 Å². The van der Waals surface area contributed by atoms with E-state index >= 15 is 0 Å². The normalized spacial score (nSPS) is 11.0. The number of aromatic nitrogens is 4. The number of carbonyl (C=O) groups excluding carboxylic acids is 1. The molecule has 0 saturated heterocycles. The van der Waals surface area contributed by atoms with Crippen molar-refractivity contribution in [2.45, 2.75) is 20.4 Å². The van der Waals surface area contributed by atoms with Gasteiger partial charge in [0.05, 0.1) is 22.8 Å². The lowest BCUT2D eigenvalue weighted by molar-refractivity contribution is 0.0950. The van der Waals surface area contributed by atoms with Gasteiger partial charge in [0.25, 0.3) is 5.91 Å². The van der Waals surface area contributed by atoms with Crippen LogP contribution in [0.3, 0.4) is 0 Å². The minimum Gasteiger partial charge on any atom is -0.345 e. The topological polar surface area (TPSA) is 72.2 Å². The molecule has 0 spiro atoms. The highest BCUT2D eigenvalue weighted by Crippen LogP contribution is 2.21. The molecular formula is C21H18ClN5O. The van der Waals surface area contributed by atoms with E-state index in [1.165, 1.54) is 11.1 Å². The first-order chi connectivity index (χ1) is 13.5. The molecule has 0 aliphatic rings. The van der Waals surface area contributed by atoms with Crippen molar-refractivity contribution >= 4 is 23.2 Å². The van der Waals surface area contributed by atoms with E-state index in [0.717, 1.165) is 11.3 Å². The van der Waals surface area contributed by atoms with Gasteiger partial charge in [-0.3, -0.25) is 4.79 Å². The molecule has 4 aromatic rings. The first-order valence-electron chi connectivity index (χ1n) is 8.84. The van der Waals surface area contributed by atoms with Crippen LogP contribution in [-0.4, -0.2) is 25.7 Å². The van der Waals surface area contributed by atoms with Crippen LogP contribution in [0.2, 0.25) is 5.02 Å². The summed E-state index contributed by atoms with van der Waals surface area (Å²) in [4.78, 5) is 12.4. The van der Waals surface area contributed by atoms with Crippen molar-refractivity contribution in [3.05, 3.63) is 82.1 Å². The van der Waals surface area contributed by atoms with Gasteiger partial charge < -0.3 is 5.32 Å². The summed E-state index contributed by atoms with van der Waals surface area (Å²) >= 11 is 6.08. The summed E-state index contributed by atoms with van der Waals surface area (Å²) in [6, 6.07) is 16.9. The van der Waals surface area contributed by atoms with Gasteiger partial charge >= 0.3 is 0 Å². The summed E-state index contributed by atoms with van der Waals surface area (Å²) in [7, 11) is 0. The van der Waals surface area contributed by atoms with Gasteiger partial charge in [0, 0.05) is 5.56 Å². The fraction of sp³-hybridized carbons (Fsp3) is 0.143. The highest BCUT2D eigenvalue weighted by molar-refractivity contribution is 6.33. The Kier molecular flexibility index (Phi) is 4.79. The molecular weight excluding hydrogens is 374 g/mol. The standard InChI is InChI=1S/C21H18ClN5O/c1-13-7-8-15(11-14(13)2)18-9-10-19-24-25-20(27(19)26-18)12-23-21(28)16-5-3-4-6-17(16)22/h3-11H,12H2,1-2H3,(H,23,28). The maximum Gasteiger partial charge on any atom is 0.253 e. The van der Waals surface area contributed by atoms with Crippen molar-refractivity contribution in [3.8, 4) is 11.3 Å². The van der Waals surface area contributed by atoms with Gasteiger partial charge in [0.2, 0.25) is 0 Å². The third kappa shape index (κ3) is 3.46. The number of fused-ring (bicyclic) bond motifs is 1. The van der Waals surface area contributed by atoms with E-state index in [1.807, 2.05) is 18.2 Å². The van der Waals surface area contributed by atoms with Gasteiger partial charge in [-0.15, -0.1) is 10.2 Å². The summed E-state index contributed by atoms with van der Waals surface area (Å²) in [5.41, 5.74) is 5.31. The Bertz CT molecular complexity index is 1180. The van der Waals surface area contributed by atoms with E-state index < -0.39 is 0 Å². The zero-order valence-electron chi connectivity index (χ0n) is 15.5. The number of hydrogen-bond acceptors (Lipinski definition) is 4. The summed E-state index contributed by atoms with van der Waals surface area (Å²) in [6.07, 6.45) is 0. The van der Waals surface area contributed by atoms with Crippen LogP contribution in [0.4, 0.5) is 0 Å². The van der Waals surface area contributed by atoms with Crippen molar-refractivity contribution in [1.29, 1.82) is 0 Å². The molecule has 7 heteroatoms. The number of hydrogen-bond donors (Lipinski definition) is 1. The van der Waals surface area contributed by atoms with E-state index in [4.69, 9.17) is 11.6 Å². The second kappa shape index (κ2) is 7.40. The van der Waals surface area contributed by atoms with Crippen molar-refractivity contribution in [3.63, 3.8) is 0 Å². The molecule has 0 bridgehead atoms. The van der Waals surface area contributed by atoms with Crippen LogP contribution in [0.1, 0.15) is 27.3 Å². The molecule has 2 aromatic heterocycles. The van der Waals surface area contributed by atoms with Crippen LogP contribution in [0, 0.1) is 13.8 Å². The maximum atomic E-state index is 12.4. The fourth-order valence-electron chi connectivity index (χ4n) is 2.90. The third-order valence-electron chi connectivity index (χ3n) is 4.66. The molecule has 140 valence electrons. The average Bonchev–Trinajstić information content (AvgIpc) is 3.11. The van der Waals surface area contributed by atoms with Crippen molar-refractivity contribution in [2.24, 2.45) is 0 Å². The molecule has 2 heterocycles. The number of nitrogens with zero attached hydrogens (tertiary/aromatic N) is 4. The van der Waals surface area contributed by atoms with E-state index in [1.54, 1.807) is 28.8 Å². The summed E-state index contributed by atoms with van der Waals surface area (Å²) < 4.78 is 1.65. The molecule has 2 aromatic carbocycles. The van der Waals surface area contributed by atoms with Crippen molar-refractivity contribution < 1.29 is 4.79 Å². The van der Waals surface area contributed by atoms with Crippen molar-refractivity contribution in [2.75, 3.05) is 0 Å². The van der Waals surface area contributed by atoms with Gasteiger partial charge in [-0.1, -0.05) is 35.9 Å². The second-order valence-corrected chi connectivity index (χ2v) is 6.97. The molecule has 1 amide bonds. The number of aryl methyl sites for hydroxylation is 2. The molecule has 28 heavy (non-hydrogen) atoms. The molecule has 0 aliphatic heterocycles. The van der Waals surface area contributed by atoms with Crippen LogP contribution in [0.5, 0.6) is 0 Å². The molecule has 0 atom stereocenters. The Hall–Kier alpha value is -3.25. The van der Waals surface area contributed by atoms with Crippen molar-refractivity contribution in [1.82, 2.24) is 25.1 Å². The van der Waals surface area contributed by atoms with E-state index in [0.29, 0.717) is 22.1 Å². The third-order valence-corrected chi connectivity index (χ3v) is 4.99. The Morgan fingerprint density at radius 2 is 1.86 bits per heavy atom. The predicted octanol–water partition coefficient (Wildman–Crippen LogP) is 3.99. The highest BCUT2D eigenvalue weighted by Gasteiger charge is 2.13. The van der Waals surface area contributed by atoms with Crippen LogP contribution in [-0.2, 0) is 6.54 Å². The van der Waals surface area contributed by atoms with Gasteiger partial charge in [-0.2, -0.15) is 9.61 Å². The first kappa shape index (κ1) is 18.1. The highest BCUT2D eigenvalue weighted by atomic mass is 35.5. The lowest BCUT2D eigenvalue weighted by atomic mass is 10.0. The monoisotopic (exact) mass is 391 g/mol. The van der Waals surface area contributed by atoms with Gasteiger partial charge in [-0.05, 0) is 55.3 Å². The minimum absolute atomic E-state index is 0.189. The molecule has 1 N–H and O–H groups in total. The molecule has 0 aliphatic carbocycles. The van der Waals surface area contributed by atoms with E-state index in [9.17, 15) is 4.79 Å². The lowest BCUT2D eigenvalue weighted by Crippen LogP contribution is -2.24. The predicted molar refractivity (Wildman–Crippen MR) is 108 cm³/mol. The van der Waals surface area contributed by atoms with Crippen LogP contribution in [0.25, 0.3) is 16.9 Å². The summed E-state index contributed by atoms with van der Waals surface area (Å²) in [6.45, 7) is 4.34. The number of halogens is 1. The lowest BCUT2D eigenvalue weighted by Gasteiger charge is -2.07. The largest absolute Gasteiger partial charge is 0.345 e. The summed E-state index contributed by atoms with van der Waals surface area (Å²) in [5.74, 6) is 0.272. The Morgan fingerprint density at radius 1 is 1.04 bits per heavy atom. The Morgan fingerprint density at radius 3 is 2.64 bits per heavy atom. The first-order valence-corrected chi connectivity index (χ1v) is 9.22. The van der Waals surface area contributed by atoms with Crippen LogP contribution in [0.15, 0.2) is 54.6 Å². The van der Waals surface area contributed by atoms with Crippen LogP contribution >= 0.6 is 11.6 Å².